The Morgan fingerprint density at radius 2 is 1.88 bits per heavy atom. The third-order valence-corrected chi connectivity index (χ3v) is 3.28. The minimum Gasteiger partial charge on any atom is -0.355 e. The maximum Gasteiger partial charge on any atom is 0.207 e. The van der Waals surface area contributed by atoms with Crippen LogP contribution in [0, 0.1) is 0 Å². The molecule has 0 atom stereocenters. The van der Waals surface area contributed by atoms with Crippen LogP contribution in [-0.4, -0.2) is 6.41 Å². The molecular formula is C15H13NO. The van der Waals surface area contributed by atoms with E-state index in [0.29, 0.717) is 6.54 Å². The SMILES string of the molecule is O=CNCc1cccc2c1-c1ccccc1C2. The van der Waals surface area contributed by atoms with Crippen molar-refractivity contribution in [2.24, 2.45) is 0 Å². The lowest BCUT2D eigenvalue weighted by Crippen LogP contribution is -2.10. The molecule has 0 heterocycles. The minimum absolute atomic E-state index is 0.598. The van der Waals surface area contributed by atoms with E-state index in [-0.39, 0.29) is 0 Å². The number of amides is 1. The summed E-state index contributed by atoms with van der Waals surface area (Å²) < 4.78 is 0. The predicted octanol–water partition coefficient (Wildman–Crippen LogP) is 2.50. The molecule has 0 aromatic heterocycles. The molecule has 0 aliphatic heterocycles. The van der Waals surface area contributed by atoms with E-state index in [9.17, 15) is 4.79 Å². The van der Waals surface area contributed by atoms with Gasteiger partial charge in [0.15, 0.2) is 0 Å². The van der Waals surface area contributed by atoms with Gasteiger partial charge in [0.05, 0.1) is 0 Å². The molecule has 2 aromatic rings. The molecular weight excluding hydrogens is 210 g/mol. The highest BCUT2D eigenvalue weighted by Crippen LogP contribution is 2.38. The molecule has 1 N–H and O–H groups in total. The Morgan fingerprint density at radius 3 is 2.76 bits per heavy atom. The molecule has 2 nitrogen and oxygen atoms in total. The van der Waals surface area contributed by atoms with Crippen LogP contribution in [0.3, 0.4) is 0 Å². The summed E-state index contributed by atoms with van der Waals surface area (Å²) >= 11 is 0. The molecule has 0 spiro atoms. The van der Waals surface area contributed by atoms with Gasteiger partial charge in [-0.25, -0.2) is 0 Å². The maximum absolute atomic E-state index is 10.4. The van der Waals surface area contributed by atoms with Crippen LogP contribution in [0.15, 0.2) is 42.5 Å². The number of rotatable bonds is 3. The average Bonchev–Trinajstić information content (AvgIpc) is 2.75. The van der Waals surface area contributed by atoms with Crippen molar-refractivity contribution in [2.45, 2.75) is 13.0 Å². The summed E-state index contributed by atoms with van der Waals surface area (Å²) in [6.45, 7) is 0.598. The quantitative estimate of drug-likeness (QED) is 0.679. The van der Waals surface area contributed by atoms with Gasteiger partial charge >= 0.3 is 0 Å². The van der Waals surface area contributed by atoms with Gasteiger partial charge < -0.3 is 5.32 Å². The van der Waals surface area contributed by atoms with Gasteiger partial charge in [0.1, 0.15) is 0 Å². The smallest absolute Gasteiger partial charge is 0.207 e. The van der Waals surface area contributed by atoms with E-state index in [4.69, 9.17) is 0 Å². The predicted molar refractivity (Wildman–Crippen MR) is 67.6 cm³/mol. The zero-order chi connectivity index (χ0) is 11.7. The number of hydrogen-bond acceptors (Lipinski definition) is 1. The van der Waals surface area contributed by atoms with E-state index < -0.39 is 0 Å². The molecule has 2 aromatic carbocycles. The van der Waals surface area contributed by atoms with Crippen LogP contribution < -0.4 is 5.32 Å². The van der Waals surface area contributed by atoms with E-state index in [2.05, 4.69) is 47.8 Å². The molecule has 0 unspecified atom stereocenters. The third-order valence-electron chi connectivity index (χ3n) is 3.28. The summed E-state index contributed by atoms with van der Waals surface area (Å²) in [4.78, 5) is 10.4. The van der Waals surface area contributed by atoms with Crippen molar-refractivity contribution in [1.29, 1.82) is 0 Å². The monoisotopic (exact) mass is 223 g/mol. The molecule has 84 valence electrons. The average molecular weight is 223 g/mol. The second-order valence-corrected chi connectivity index (χ2v) is 4.28. The normalized spacial score (nSPS) is 11.8. The van der Waals surface area contributed by atoms with E-state index in [1.807, 2.05) is 0 Å². The van der Waals surface area contributed by atoms with Crippen LogP contribution >= 0.6 is 0 Å². The fourth-order valence-corrected chi connectivity index (χ4v) is 2.57. The largest absolute Gasteiger partial charge is 0.355 e. The van der Waals surface area contributed by atoms with E-state index in [0.717, 1.165) is 12.8 Å². The van der Waals surface area contributed by atoms with Gasteiger partial charge in [-0.3, -0.25) is 4.79 Å². The lowest BCUT2D eigenvalue weighted by molar-refractivity contribution is -0.109. The first kappa shape index (κ1) is 10.1. The van der Waals surface area contributed by atoms with E-state index in [1.54, 1.807) is 0 Å². The van der Waals surface area contributed by atoms with Gasteiger partial charge in [0, 0.05) is 6.54 Å². The van der Waals surface area contributed by atoms with Crippen molar-refractivity contribution >= 4 is 6.41 Å². The third kappa shape index (κ3) is 1.62. The second kappa shape index (κ2) is 4.06. The first-order valence-corrected chi connectivity index (χ1v) is 5.76. The molecule has 1 aliphatic carbocycles. The fraction of sp³-hybridized carbons (Fsp3) is 0.133. The molecule has 0 bridgehead atoms. The van der Waals surface area contributed by atoms with Gasteiger partial charge in [-0.05, 0) is 34.2 Å². The Labute approximate surface area is 100 Å². The van der Waals surface area contributed by atoms with Crippen LogP contribution in [0.1, 0.15) is 16.7 Å². The molecule has 2 heteroatoms. The standard InChI is InChI=1S/C15H13NO/c17-10-16-9-13-6-3-5-12-8-11-4-1-2-7-14(11)15(12)13/h1-7,10H,8-9H2,(H,16,17). The molecule has 0 fully saturated rings. The minimum atomic E-state index is 0.598. The first-order valence-electron chi connectivity index (χ1n) is 5.76. The molecule has 0 saturated heterocycles. The number of nitrogens with one attached hydrogen (secondary N) is 1. The van der Waals surface area contributed by atoms with Gasteiger partial charge in [-0.2, -0.15) is 0 Å². The number of carbonyl (C=O) groups excluding carboxylic acids is 1. The second-order valence-electron chi connectivity index (χ2n) is 4.28. The molecule has 3 rings (SSSR count). The lowest BCUT2D eigenvalue weighted by Gasteiger charge is -2.08. The van der Waals surface area contributed by atoms with Crippen LogP contribution in [0.5, 0.6) is 0 Å². The summed E-state index contributed by atoms with van der Waals surface area (Å²) in [7, 11) is 0. The molecule has 1 amide bonds. The Morgan fingerprint density at radius 1 is 1.06 bits per heavy atom. The number of benzene rings is 2. The zero-order valence-corrected chi connectivity index (χ0v) is 9.44. The summed E-state index contributed by atoms with van der Waals surface area (Å²) in [6.07, 6.45) is 1.75. The Kier molecular flexibility index (Phi) is 2.41. The molecule has 17 heavy (non-hydrogen) atoms. The maximum atomic E-state index is 10.4. The van der Waals surface area contributed by atoms with Crippen molar-refractivity contribution in [3.05, 3.63) is 59.2 Å². The number of fused-ring (bicyclic) bond motifs is 3. The van der Waals surface area contributed by atoms with Crippen LogP contribution in [0.2, 0.25) is 0 Å². The van der Waals surface area contributed by atoms with Crippen molar-refractivity contribution in [2.75, 3.05) is 0 Å². The van der Waals surface area contributed by atoms with Crippen molar-refractivity contribution in [3.8, 4) is 11.1 Å². The summed E-state index contributed by atoms with van der Waals surface area (Å²) in [5.41, 5.74) is 6.54. The van der Waals surface area contributed by atoms with Crippen molar-refractivity contribution in [1.82, 2.24) is 5.32 Å². The zero-order valence-electron chi connectivity index (χ0n) is 9.44. The molecule has 1 aliphatic rings. The van der Waals surface area contributed by atoms with Crippen LogP contribution in [0.4, 0.5) is 0 Å². The van der Waals surface area contributed by atoms with Gasteiger partial charge in [0.25, 0.3) is 0 Å². The Hall–Kier alpha value is -2.09. The van der Waals surface area contributed by atoms with Crippen LogP contribution in [-0.2, 0) is 17.8 Å². The van der Waals surface area contributed by atoms with Crippen molar-refractivity contribution < 1.29 is 4.79 Å². The highest BCUT2D eigenvalue weighted by Gasteiger charge is 2.19. The lowest BCUT2D eigenvalue weighted by atomic mass is 9.99. The highest BCUT2D eigenvalue weighted by molar-refractivity contribution is 5.79. The van der Waals surface area contributed by atoms with Gasteiger partial charge in [-0.1, -0.05) is 42.5 Å². The summed E-state index contributed by atoms with van der Waals surface area (Å²) in [6, 6.07) is 14.8. The number of hydrogen-bond donors (Lipinski definition) is 1. The van der Waals surface area contributed by atoms with Crippen molar-refractivity contribution in [3.63, 3.8) is 0 Å². The first-order chi connectivity index (χ1) is 8.40. The number of carbonyl (C=O) groups is 1. The molecule has 0 saturated carbocycles. The van der Waals surface area contributed by atoms with Gasteiger partial charge in [-0.15, -0.1) is 0 Å². The Bertz CT molecular complexity index is 575. The van der Waals surface area contributed by atoms with Crippen LogP contribution in [0.25, 0.3) is 11.1 Å². The van der Waals surface area contributed by atoms with Gasteiger partial charge in [0.2, 0.25) is 6.41 Å². The van der Waals surface area contributed by atoms with E-state index in [1.165, 1.54) is 27.8 Å². The highest BCUT2D eigenvalue weighted by atomic mass is 16.1. The summed E-state index contributed by atoms with van der Waals surface area (Å²) in [5, 5.41) is 2.74. The van der Waals surface area contributed by atoms with E-state index >= 15 is 0 Å². The summed E-state index contributed by atoms with van der Waals surface area (Å²) in [5.74, 6) is 0. The Balaban J connectivity index is 2.12. The fourth-order valence-electron chi connectivity index (χ4n) is 2.57. The molecule has 0 radical (unpaired) electrons. The topological polar surface area (TPSA) is 29.1 Å².